The van der Waals surface area contributed by atoms with Gasteiger partial charge in [-0.3, -0.25) is 5.10 Å². The van der Waals surface area contributed by atoms with Gasteiger partial charge in [0.1, 0.15) is 5.82 Å². The second kappa shape index (κ2) is 6.81. The molecule has 0 aliphatic rings. The van der Waals surface area contributed by atoms with Crippen molar-refractivity contribution < 1.29 is 4.74 Å². The van der Waals surface area contributed by atoms with Crippen LogP contribution in [0.4, 0.5) is 0 Å². The van der Waals surface area contributed by atoms with Crippen LogP contribution in [0.3, 0.4) is 0 Å². The van der Waals surface area contributed by atoms with E-state index in [0.717, 1.165) is 23.3 Å². The number of aromatic nitrogens is 3. The minimum Gasteiger partial charge on any atom is -0.383 e. The molecule has 0 bridgehead atoms. The zero-order valence-electron chi connectivity index (χ0n) is 9.41. The number of nitrogens with one attached hydrogen (secondary N) is 2. The molecule has 1 atom stereocenters. The number of ether oxygens (including phenoxy) is 1. The molecule has 0 aliphatic carbocycles. The summed E-state index contributed by atoms with van der Waals surface area (Å²) < 4.78 is 5.13. The number of methoxy groups -OCH3 is 1. The lowest BCUT2D eigenvalue weighted by molar-refractivity contribution is 0.174. The number of likely N-dealkylation sites (N-methyl/N-ethyl adjacent to an activating group) is 1. The first kappa shape index (κ1) is 12.5. The summed E-state index contributed by atoms with van der Waals surface area (Å²) in [5.41, 5.74) is 0. The molecule has 1 unspecified atom stereocenters. The lowest BCUT2D eigenvalue weighted by atomic mass is 10.3. The minimum atomic E-state index is 0.351. The van der Waals surface area contributed by atoms with Gasteiger partial charge in [-0.15, -0.1) is 5.10 Å². The normalized spacial score (nSPS) is 13.0. The third-order valence-corrected chi connectivity index (χ3v) is 2.86. The van der Waals surface area contributed by atoms with Gasteiger partial charge in [-0.05, 0) is 13.5 Å². The largest absolute Gasteiger partial charge is 0.383 e. The highest BCUT2D eigenvalue weighted by Crippen LogP contribution is 2.13. The van der Waals surface area contributed by atoms with Crippen LogP contribution in [0, 0.1) is 6.92 Å². The van der Waals surface area contributed by atoms with Gasteiger partial charge >= 0.3 is 0 Å². The molecular weight excluding hydrogens is 212 g/mol. The second-order valence-electron chi connectivity index (χ2n) is 3.22. The Balaban J connectivity index is 2.32. The molecule has 0 spiro atoms. The molecule has 86 valence electrons. The van der Waals surface area contributed by atoms with Crippen LogP contribution in [0.25, 0.3) is 0 Å². The maximum absolute atomic E-state index is 5.13. The van der Waals surface area contributed by atoms with Crippen LogP contribution in [0.15, 0.2) is 5.16 Å². The molecule has 5 nitrogen and oxygen atoms in total. The van der Waals surface area contributed by atoms with Crippen molar-refractivity contribution in [3.63, 3.8) is 0 Å². The molecule has 0 amide bonds. The Bertz CT molecular complexity index is 273. The van der Waals surface area contributed by atoms with Crippen LogP contribution in [-0.2, 0) is 4.74 Å². The number of thioether (sulfide) groups is 1. The van der Waals surface area contributed by atoms with Crippen LogP contribution in [0.2, 0.25) is 0 Å². The van der Waals surface area contributed by atoms with Crippen LogP contribution in [0.1, 0.15) is 12.7 Å². The number of hydrogen-bond donors (Lipinski definition) is 2. The standard InChI is InChI=1S/C9H18N4OS/c1-4-10-8(5-14-3)6-15-9-11-7(2)12-13-9/h8,10H,4-6H2,1-3H3,(H,11,12,13). The number of aromatic amines is 1. The molecule has 1 aromatic heterocycles. The minimum absolute atomic E-state index is 0.351. The van der Waals surface area contributed by atoms with Crippen molar-refractivity contribution >= 4 is 11.8 Å². The topological polar surface area (TPSA) is 62.8 Å². The van der Waals surface area contributed by atoms with Crippen LogP contribution < -0.4 is 5.32 Å². The lowest BCUT2D eigenvalue weighted by Crippen LogP contribution is -2.35. The van der Waals surface area contributed by atoms with E-state index in [2.05, 4.69) is 27.4 Å². The van der Waals surface area contributed by atoms with Gasteiger partial charge < -0.3 is 10.1 Å². The monoisotopic (exact) mass is 230 g/mol. The maximum Gasteiger partial charge on any atom is 0.208 e. The predicted octanol–water partition coefficient (Wildman–Crippen LogP) is 0.830. The number of H-pyrrole nitrogens is 1. The summed E-state index contributed by atoms with van der Waals surface area (Å²) in [6.45, 7) is 5.64. The summed E-state index contributed by atoms with van der Waals surface area (Å²) in [6, 6.07) is 0.351. The molecule has 0 radical (unpaired) electrons. The first-order valence-corrected chi connectivity index (χ1v) is 5.99. The average Bonchev–Trinajstić information content (AvgIpc) is 2.61. The number of nitrogens with zero attached hydrogens (tertiary/aromatic N) is 2. The third kappa shape index (κ3) is 4.63. The van der Waals surface area contributed by atoms with Crippen molar-refractivity contribution in [3.05, 3.63) is 5.82 Å². The Morgan fingerprint density at radius 2 is 2.40 bits per heavy atom. The van der Waals surface area contributed by atoms with E-state index < -0.39 is 0 Å². The molecule has 0 fully saturated rings. The van der Waals surface area contributed by atoms with Crippen molar-refractivity contribution in [1.82, 2.24) is 20.5 Å². The fourth-order valence-corrected chi connectivity index (χ4v) is 2.09. The van der Waals surface area contributed by atoms with E-state index in [1.807, 2.05) is 6.92 Å². The van der Waals surface area contributed by atoms with Crippen molar-refractivity contribution in [1.29, 1.82) is 0 Å². The van der Waals surface area contributed by atoms with Gasteiger partial charge in [0.2, 0.25) is 5.16 Å². The smallest absolute Gasteiger partial charge is 0.208 e. The van der Waals surface area contributed by atoms with Gasteiger partial charge in [-0.2, -0.15) is 0 Å². The van der Waals surface area contributed by atoms with E-state index in [9.17, 15) is 0 Å². The molecule has 0 aromatic carbocycles. The van der Waals surface area contributed by atoms with E-state index in [-0.39, 0.29) is 0 Å². The van der Waals surface area contributed by atoms with Gasteiger partial charge in [0.05, 0.1) is 6.61 Å². The van der Waals surface area contributed by atoms with Crippen LogP contribution in [-0.4, -0.2) is 47.2 Å². The van der Waals surface area contributed by atoms with Crippen molar-refractivity contribution in [2.75, 3.05) is 26.0 Å². The molecule has 0 aliphatic heterocycles. The Labute approximate surface area is 94.4 Å². The quantitative estimate of drug-likeness (QED) is 0.679. The molecule has 6 heteroatoms. The zero-order valence-corrected chi connectivity index (χ0v) is 10.2. The highest BCUT2D eigenvalue weighted by molar-refractivity contribution is 7.99. The fraction of sp³-hybridized carbons (Fsp3) is 0.778. The van der Waals surface area contributed by atoms with Gasteiger partial charge in [0, 0.05) is 18.9 Å². The molecular formula is C9H18N4OS. The summed E-state index contributed by atoms with van der Waals surface area (Å²) in [5.74, 6) is 1.77. The summed E-state index contributed by atoms with van der Waals surface area (Å²) in [6.07, 6.45) is 0. The Kier molecular flexibility index (Phi) is 5.67. The third-order valence-electron chi connectivity index (χ3n) is 1.85. The van der Waals surface area contributed by atoms with Crippen LogP contribution in [0.5, 0.6) is 0 Å². The predicted molar refractivity (Wildman–Crippen MR) is 61.2 cm³/mol. The Hall–Kier alpha value is -0.590. The molecule has 1 heterocycles. The molecule has 0 saturated heterocycles. The first-order valence-electron chi connectivity index (χ1n) is 5.00. The van der Waals surface area contributed by atoms with E-state index in [1.165, 1.54) is 0 Å². The highest BCUT2D eigenvalue weighted by atomic mass is 32.2. The molecule has 2 N–H and O–H groups in total. The van der Waals surface area contributed by atoms with E-state index in [0.29, 0.717) is 12.6 Å². The van der Waals surface area contributed by atoms with Gasteiger partial charge in [-0.1, -0.05) is 18.7 Å². The summed E-state index contributed by atoms with van der Waals surface area (Å²) >= 11 is 1.63. The second-order valence-corrected chi connectivity index (χ2v) is 4.21. The zero-order chi connectivity index (χ0) is 11.1. The molecule has 0 saturated carbocycles. The lowest BCUT2D eigenvalue weighted by Gasteiger charge is -2.15. The van der Waals surface area contributed by atoms with Crippen molar-refractivity contribution in [3.8, 4) is 0 Å². The summed E-state index contributed by atoms with van der Waals surface area (Å²) in [4.78, 5) is 4.23. The van der Waals surface area contributed by atoms with E-state index in [4.69, 9.17) is 4.74 Å². The molecule has 1 rings (SSSR count). The number of rotatable bonds is 7. The van der Waals surface area contributed by atoms with Crippen LogP contribution >= 0.6 is 11.8 Å². The number of hydrogen-bond acceptors (Lipinski definition) is 5. The van der Waals surface area contributed by atoms with Gasteiger partial charge in [0.25, 0.3) is 0 Å². The van der Waals surface area contributed by atoms with Crippen molar-refractivity contribution in [2.45, 2.75) is 25.0 Å². The van der Waals surface area contributed by atoms with Gasteiger partial charge in [-0.25, -0.2) is 4.98 Å². The van der Waals surface area contributed by atoms with E-state index >= 15 is 0 Å². The Morgan fingerprint density at radius 1 is 1.60 bits per heavy atom. The van der Waals surface area contributed by atoms with Crippen molar-refractivity contribution in [2.24, 2.45) is 0 Å². The highest BCUT2D eigenvalue weighted by Gasteiger charge is 2.09. The average molecular weight is 230 g/mol. The van der Waals surface area contributed by atoms with E-state index in [1.54, 1.807) is 18.9 Å². The first-order chi connectivity index (χ1) is 7.26. The fourth-order valence-electron chi connectivity index (χ4n) is 1.22. The summed E-state index contributed by atoms with van der Waals surface area (Å²) in [5, 5.41) is 11.0. The molecule has 15 heavy (non-hydrogen) atoms. The van der Waals surface area contributed by atoms with Gasteiger partial charge in [0.15, 0.2) is 0 Å². The SMILES string of the molecule is CCNC(COC)CSc1n[nH]c(C)n1. The molecule has 1 aromatic rings. The summed E-state index contributed by atoms with van der Waals surface area (Å²) in [7, 11) is 1.71. The number of aryl methyl sites for hydroxylation is 1. The maximum atomic E-state index is 5.13. The Morgan fingerprint density at radius 3 is 2.93 bits per heavy atom.